The summed E-state index contributed by atoms with van der Waals surface area (Å²) >= 11 is 2.79. The van der Waals surface area contributed by atoms with Gasteiger partial charge in [0.1, 0.15) is 6.54 Å². The number of nitriles is 1. The third-order valence-electron chi connectivity index (χ3n) is 4.61. The first kappa shape index (κ1) is 21.5. The third kappa shape index (κ3) is 4.80. The molecule has 2 aromatic heterocycles. The van der Waals surface area contributed by atoms with E-state index in [4.69, 9.17) is 10.00 Å². The lowest BCUT2D eigenvalue weighted by molar-refractivity contribution is -0.116. The number of fused-ring (bicyclic) bond motifs is 1. The van der Waals surface area contributed by atoms with Crippen LogP contribution in [0.5, 0.6) is 0 Å². The third-order valence-corrected chi connectivity index (χ3v) is 6.65. The van der Waals surface area contributed by atoms with Crippen LogP contribution < -0.4 is 5.32 Å². The average Bonchev–Trinajstić information content (AvgIpc) is 3.42. The zero-order valence-electron chi connectivity index (χ0n) is 16.9. The molecule has 10 heteroatoms. The summed E-state index contributed by atoms with van der Waals surface area (Å²) in [6.45, 7) is 0.0187. The highest BCUT2D eigenvalue weighted by Gasteiger charge is 2.17. The van der Waals surface area contributed by atoms with Crippen LogP contribution in [-0.4, -0.2) is 33.8 Å². The van der Waals surface area contributed by atoms with Gasteiger partial charge >= 0.3 is 5.97 Å². The first-order chi connectivity index (χ1) is 15.6. The summed E-state index contributed by atoms with van der Waals surface area (Å²) in [5.41, 5.74) is 2.86. The molecule has 0 aliphatic rings. The largest absolute Gasteiger partial charge is 0.465 e. The zero-order valence-corrected chi connectivity index (χ0v) is 18.6. The Balaban J connectivity index is 1.39. The van der Waals surface area contributed by atoms with Crippen molar-refractivity contribution in [1.29, 1.82) is 5.26 Å². The Morgan fingerprint density at radius 1 is 1.19 bits per heavy atom. The summed E-state index contributed by atoms with van der Waals surface area (Å²) in [4.78, 5) is 24.6. The maximum Gasteiger partial charge on any atom is 0.340 e. The van der Waals surface area contributed by atoms with Crippen molar-refractivity contribution in [3.63, 3.8) is 0 Å². The number of carbonyl (C=O) groups is 2. The molecule has 0 saturated carbocycles. The summed E-state index contributed by atoms with van der Waals surface area (Å²) in [6.07, 6.45) is 1.62. The molecule has 0 aliphatic heterocycles. The van der Waals surface area contributed by atoms with Gasteiger partial charge in [-0.3, -0.25) is 10.1 Å². The molecule has 1 amide bonds. The second-order valence-electron chi connectivity index (χ2n) is 6.70. The number of hydrogen-bond acceptors (Lipinski definition) is 8. The van der Waals surface area contributed by atoms with Crippen molar-refractivity contribution >= 4 is 51.0 Å². The van der Waals surface area contributed by atoms with Crippen molar-refractivity contribution < 1.29 is 14.3 Å². The van der Waals surface area contributed by atoms with Gasteiger partial charge in [0.05, 0.1) is 24.3 Å². The van der Waals surface area contributed by atoms with Crippen LogP contribution >= 0.6 is 23.1 Å². The smallest absolute Gasteiger partial charge is 0.340 e. The highest BCUT2D eigenvalue weighted by Crippen LogP contribution is 2.28. The van der Waals surface area contributed by atoms with Crippen LogP contribution in [0.15, 0.2) is 59.1 Å². The number of thioether (sulfide) groups is 1. The van der Waals surface area contributed by atoms with E-state index in [1.54, 1.807) is 22.9 Å². The summed E-state index contributed by atoms with van der Waals surface area (Å²) in [6, 6.07) is 16.8. The molecule has 0 bridgehead atoms. The number of anilines is 1. The highest BCUT2D eigenvalue weighted by molar-refractivity contribution is 8.00. The van der Waals surface area contributed by atoms with Gasteiger partial charge in [-0.25, -0.2) is 4.79 Å². The van der Waals surface area contributed by atoms with Crippen LogP contribution in [0.25, 0.3) is 10.9 Å². The van der Waals surface area contributed by atoms with E-state index in [0.717, 1.165) is 20.8 Å². The number of aromatic nitrogens is 3. The van der Waals surface area contributed by atoms with Crippen LogP contribution in [-0.2, 0) is 21.8 Å². The minimum absolute atomic E-state index is 0.0187. The number of para-hydroxylation sites is 1. The zero-order chi connectivity index (χ0) is 22.5. The fourth-order valence-electron chi connectivity index (χ4n) is 3.10. The van der Waals surface area contributed by atoms with E-state index in [0.29, 0.717) is 22.0 Å². The molecule has 1 N–H and O–H groups in total. The molecule has 2 heterocycles. The summed E-state index contributed by atoms with van der Waals surface area (Å²) < 4.78 is 7.27. The van der Waals surface area contributed by atoms with E-state index in [2.05, 4.69) is 21.6 Å². The second-order valence-corrected chi connectivity index (χ2v) is 8.90. The molecule has 0 fully saturated rings. The molecule has 160 valence electrons. The maximum absolute atomic E-state index is 12.6. The van der Waals surface area contributed by atoms with Gasteiger partial charge in [0.15, 0.2) is 4.34 Å². The number of esters is 1. The lowest BCUT2D eigenvalue weighted by atomic mass is 10.2. The van der Waals surface area contributed by atoms with Gasteiger partial charge in [-0.05, 0) is 23.8 Å². The van der Waals surface area contributed by atoms with Gasteiger partial charge in [0, 0.05) is 22.9 Å². The average molecular weight is 464 g/mol. The van der Waals surface area contributed by atoms with Crippen LogP contribution in [0.4, 0.5) is 5.13 Å². The number of carbonyl (C=O) groups excluding carboxylic acids is 2. The Morgan fingerprint density at radius 2 is 1.97 bits per heavy atom. The van der Waals surface area contributed by atoms with Gasteiger partial charge in [0.2, 0.25) is 11.0 Å². The minimum atomic E-state index is -0.451. The highest BCUT2D eigenvalue weighted by atomic mass is 32.2. The summed E-state index contributed by atoms with van der Waals surface area (Å²) in [5, 5.41) is 20.9. The van der Waals surface area contributed by atoms with Crippen LogP contribution in [0.3, 0.4) is 0 Å². The predicted molar refractivity (Wildman–Crippen MR) is 123 cm³/mol. The second kappa shape index (κ2) is 9.64. The molecule has 0 spiro atoms. The Labute approximate surface area is 191 Å². The van der Waals surface area contributed by atoms with Crippen molar-refractivity contribution in [2.75, 3.05) is 12.4 Å². The quantitative estimate of drug-likeness (QED) is 0.250. The molecular weight excluding hydrogens is 446 g/mol. The number of benzene rings is 2. The van der Waals surface area contributed by atoms with Gasteiger partial charge in [-0.2, -0.15) is 5.26 Å². The van der Waals surface area contributed by atoms with E-state index >= 15 is 0 Å². The number of nitrogens with zero attached hydrogens (tertiary/aromatic N) is 4. The molecule has 0 unspecified atom stereocenters. The topological polar surface area (TPSA) is 110 Å². The standard InChI is InChI=1S/C22H17N5O3S2/c1-30-20(29)17-11-27(18-5-3-2-4-16(17)18)12-19(28)24-21-25-26-22(32-21)31-13-15-8-6-14(10-23)7-9-15/h2-9,11H,12-13H2,1H3,(H,24,25,28). The number of methoxy groups -OCH3 is 1. The predicted octanol–water partition coefficient (Wildman–Crippen LogP) is 4.08. The van der Waals surface area contributed by atoms with Gasteiger partial charge < -0.3 is 9.30 Å². The lowest BCUT2D eigenvalue weighted by Crippen LogP contribution is -2.18. The first-order valence-corrected chi connectivity index (χ1v) is 11.3. The fraction of sp³-hybridized carbons (Fsp3) is 0.136. The SMILES string of the molecule is COC(=O)c1cn(CC(=O)Nc2nnc(SCc3ccc(C#N)cc3)s2)c2ccccc12. The summed E-state index contributed by atoms with van der Waals surface area (Å²) in [7, 11) is 1.33. The maximum atomic E-state index is 12.6. The van der Waals surface area contributed by atoms with Crippen molar-refractivity contribution in [2.24, 2.45) is 0 Å². The molecule has 4 aromatic rings. The van der Waals surface area contributed by atoms with Crippen molar-refractivity contribution in [2.45, 2.75) is 16.6 Å². The lowest BCUT2D eigenvalue weighted by Gasteiger charge is -2.04. The summed E-state index contributed by atoms with van der Waals surface area (Å²) in [5.74, 6) is -0.0460. The number of nitrogens with one attached hydrogen (secondary N) is 1. The van der Waals surface area contributed by atoms with Gasteiger partial charge in [-0.1, -0.05) is 53.4 Å². The van der Waals surface area contributed by atoms with E-state index in [-0.39, 0.29) is 12.5 Å². The molecular formula is C22H17N5O3S2. The molecule has 8 nitrogen and oxygen atoms in total. The Bertz CT molecular complexity index is 1320. The van der Waals surface area contributed by atoms with Crippen LogP contribution in [0, 0.1) is 11.3 Å². The number of ether oxygens (including phenoxy) is 1. The molecule has 0 aliphatic carbocycles. The molecule has 0 atom stereocenters. The van der Waals surface area contributed by atoms with Crippen molar-refractivity contribution in [3.8, 4) is 6.07 Å². The molecule has 2 aromatic carbocycles. The normalized spacial score (nSPS) is 10.6. The molecule has 4 rings (SSSR count). The monoisotopic (exact) mass is 463 g/mol. The fourth-order valence-corrected chi connectivity index (χ4v) is 4.83. The van der Waals surface area contributed by atoms with E-state index in [9.17, 15) is 9.59 Å². The number of amides is 1. The molecule has 0 saturated heterocycles. The first-order valence-electron chi connectivity index (χ1n) is 9.49. The van der Waals surface area contributed by atoms with E-state index in [1.807, 2.05) is 36.4 Å². The van der Waals surface area contributed by atoms with Crippen LogP contribution in [0.1, 0.15) is 21.5 Å². The molecule has 0 radical (unpaired) electrons. The van der Waals surface area contributed by atoms with Crippen molar-refractivity contribution in [1.82, 2.24) is 14.8 Å². The van der Waals surface area contributed by atoms with Gasteiger partial charge in [0.25, 0.3) is 0 Å². The van der Waals surface area contributed by atoms with E-state index < -0.39 is 5.97 Å². The Hall–Kier alpha value is -3.68. The van der Waals surface area contributed by atoms with Crippen molar-refractivity contribution in [3.05, 3.63) is 71.4 Å². The number of hydrogen-bond donors (Lipinski definition) is 1. The van der Waals surface area contributed by atoms with Crippen LogP contribution in [0.2, 0.25) is 0 Å². The molecule has 32 heavy (non-hydrogen) atoms. The van der Waals surface area contributed by atoms with Gasteiger partial charge in [-0.15, -0.1) is 10.2 Å². The van der Waals surface area contributed by atoms with E-state index in [1.165, 1.54) is 30.2 Å². The minimum Gasteiger partial charge on any atom is -0.465 e. The Morgan fingerprint density at radius 3 is 2.72 bits per heavy atom. The number of rotatable bonds is 7. The Kier molecular flexibility index (Phi) is 6.49.